The molecule has 20 heavy (non-hydrogen) atoms. The molecule has 5 heteroatoms. The third kappa shape index (κ3) is 3.82. The Morgan fingerprint density at radius 2 is 1.85 bits per heavy atom. The molecule has 0 radical (unpaired) electrons. The number of fused-ring (bicyclic) bond motifs is 1. The zero-order valence-electron chi connectivity index (χ0n) is 11.8. The lowest BCUT2D eigenvalue weighted by molar-refractivity contribution is -0.137. The molecule has 2 rings (SSSR count). The fraction of sp³-hybridized carbons (Fsp3) is 0.533. The van der Waals surface area contributed by atoms with Crippen LogP contribution in [0.3, 0.4) is 0 Å². The number of hydrogen-bond acceptors (Lipinski definition) is 4. The number of hydrogen-bond donors (Lipinski definition) is 3. The van der Waals surface area contributed by atoms with Gasteiger partial charge in [-0.1, -0.05) is 38.3 Å². The quantitative estimate of drug-likeness (QED) is 0.633. The number of carboxylic acids is 1. The van der Waals surface area contributed by atoms with Crippen molar-refractivity contribution in [3.8, 4) is 0 Å². The van der Waals surface area contributed by atoms with Crippen molar-refractivity contribution in [3.05, 3.63) is 24.3 Å². The largest absolute Gasteiger partial charge is 0.481 e. The summed E-state index contributed by atoms with van der Waals surface area (Å²) >= 11 is 1.66. The molecular weight excluding hydrogens is 272 g/mol. The SMILES string of the molecule is CCCCCCSC1(CC(=O)O)Nc2ccccc2N1. The molecule has 0 saturated heterocycles. The first kappa shape index (κ1) is 15.0. The van der Waals surface area contributed by atoms with Crippen molar-refractivity contribution in [3.63, 3.8) is 0 Å². The minimum absolute atomic E-state index is 0.0557. The molecule has 1 heterocycles. The van der Waals surface area contributed by atoms with Gasteiger partial charge in [-0.3, -0.25) is 4.79 Å². The van der Waals surface area contributed by atoms with Crippen molar-refractivity contribution in [1.82, 2.24) is 0 Å². The minimum atomic E-state index is -0.793. The van der Waals surface area contributed by atoms with Gasteiger partial charge in [0.15, 0.2) is 4.99 Å². The minimum Gasteiger partial charge on any atom is -0.481 e. The van der Waals surface area contributed by atoms with E-state index in [9.17, 15) is 4.79 Å². The molecule has 1 aliphatic rings. The van der Waals surface area contributed by atoms with Gasteiger partial charge in [0.1, 0.15) is 0 Å². The third-order valence-electron chi connectivity index (χ3n) is 3.35. The summed E-state index contributed by atoms with van der Waals surface area (Å²) in [4.78, 5) is 10.5. The average Bonchev–Trinajstić information content (AvgIpc) is 2.75. The summed E-state index contributed by atoms with van der Waals surface area (Å²) in [6.07, 6.45) is 4.85. The maximum absolute atomic E-state index is 11.2. The fourth-order valence-corrected chi connectivity index (χ4v) is 3.65. The molecule has 0 fully saturated rings. The van der Waals surface area contributed by atoms with Gasteiger partial charge in [-0.05, 0) is 24.3 Å². The molecule has 1 aliphatic heterocycles. The van der Waals surface area contributed by atoms with E-state index in [1.165, 1.54) is 19.3 Å². The second-order valence-corrected chi connectivity index (χ2v) is 6.50. The van der Waals surface area contributed by atoms with Crippen molar-refractivity contribution in [1.29, 1.82) is 0 Å². The van der Waals surface area contributed by atoms with Gasteiger partial charge in [0.2, 0.25) is 0 Å². The summed E-state index contributed by atoms with van der Waals surface area (Å²) in [5.41, 5.74) is 1.96. The monoisotopic (exact) mass is 294 g/mol. The Labute approximate surface area is 124 Å². The van der Waals surface area contributed by atoms with E-state index in [2.05, 4.69) is 17.6 Å². The van der Waals surface area contributed by atoms with Crippen molar-refractivity contribution in [2.45, 2.75) is 44.0 Å². The van der Waals surface area contributed by atoms with Crippen LogP contribution in [0.25, 0.3) is 0 Å². The van der Waals surface area contributed by atoms with Gasteiger partial charge in [0, 0.05) is 0 Å². The van der Waals surface area contributed by atoms with Crippen LogP contribution in [0.1, 0.15) is 39.0 Å². The molecule has 0 unspecified atom stereocenters. The number of para-hydroxylation sites is 2. The second kappa shape index (κ2) is 6.88. The molecule has 1 aromatic carbocycles. The maximum Gasteiger partial charge on any atom is 0.308 e. The summed E-state index contributed by atoms with van der Waals surface area (Å²) in [5.74, 6) is 0.167. The second-order valence-electron chi connectivity index (χ2n) is 5.10. The van der Waals surface area contributed by atoms with Gasteiger partial charge in [0.05, 0.1) is 17.8 Å². The standard InChI is InChI=1S/C15H22N2O2S/c1-2-3-4-7-10-20-15(11-14(18)19)16-12-8-5-6-9-13(12)17-15/h5-6,8-9,16-17H,2-4,7,10-11H2,1H3,(H,18,19). The third-order valence-corrected chi connectivity index (χ3v) is 4.68. The average molecular weight is 294 g/mol. The lowest BCUT2D eigenvalue weighted by Gasteiger charge is -2.28. The Morgan fingerprint density at radius 3 is 2.40 bits per heavy atom. The normalized spacial score (nSPS) is 15.2. The number of carboxylic acid groups (broad SMARTS) is 1. The highest BCUT2D eigenvalue weighted by atomic mass is 32.2. The Hall–Kier alpha value is -1.36. The topological polar surface area (TPSA) is 61.4 Å². The van der Waals surface area contributed by atoms with E-state index in [4.69, 9.17) is 5.11 Å². The van der Waals surface area contributed by atoms with Gasteiger partial charge < -0.3 is 15.7 Å². The van der Waals surface area contributed by atoms with E-state index in [1.54, 1.807) is 11.8 Å². The molecule has 0 spiro atoms. The van der Waals surface area contributed by atoms with E-state index in [0.717, 1.165) is 23.5 Å². The zero-order valence-corrected chi connectivity index (χ0v) is 12.6. The van der Waals surface area contributed by atoms with Crippen LogP contribution < -0.4 is 10.6 Å². The highest BCUT2D eigenvalue weighted by Gasteiger charge is 2.38. The summed E-state index contributed by atoms with van der Waals surface area (Å²) < 4.78 is 0. The van der Waals surface area contributed by atoms with Crippen LogP contribution in [-0.4, -0.2) is 21.8 Å². The summed E-state index contributed by atoms with van der Waals surface area (Å²) in [6.45, 7) is 2.19. The molecule has 0 bridgehead atoms. The smallest absolute Gasteiger partial charge is 0.308 e. The van der Waals surface area contributed by atoms with Crippen molar-refractivity contribution in [2.24, 2.45) is 0 Å². The molecule has 0 atom stereocenters. The first-order chi connectivity index (χ1) is 9.65. The van der Waals surface area contributed by atoms with Crippen molar-refractivity contribution >= 4 is 29.1 Å². The molecule has 0 saturated carbocycles. The maximum atomic E-state index is 11.2. The highest BCUT2D eigenvalue weighted by Crippen LogP contribution is 2.41. The highest BCUT2D eigenvalue weighted by molar-refractivity contribution is 8.00. The number of unbranched alkanes of at least 4 members (excludes halogenated alkanes) is 3. The van der Waals surface area contributed by atoms with Crippen molar-refractivity contribution in [2.75, 3.05) is 16.4 Å². The first-order valence-corrected chi connectivity index (χ1v) is 8.15. The number of thioether (sulfide) groups is 1. The van der Waals surface area contributed by atoms with Crippen LogP contribution in [0.4, 0.5) is 11.4 Å². The molecule has 3 N–H and O–H groups in total. The lowest BCUT2D eigenvalue weighted by Crippen LogP contribution is -2.40. The van der Waals surface area contributed by atoms with E-state index < -0.39 is 11.0 Å². The van der Waals surface area contributed by atoms with Gasteiger partial charge in [-0.15, -0.1) is 11.8 Å². The summed E-state index contributed by atoms with van der Waals surface area (Å²) in [7, 11) is 0. The molecule has 0 amide bonds. The van der Waals surface area contributed by atoms with Gasteiger partial charge in [0.25, 0.3) is 0 Å². The Kier molecular flexibility index (Phi) is 5.17. The van der Waals surface area contributed by atoms with Crippen LogP contribution in [0.2, 0.25) is 0 Å². The number of nitrogens with one attached hydrogen (secondary N) is 2. The van der Waals surface area contributed by atoms with Crippen LogP contribution in [0.15, 0.2) is 24.3 Å². The number of benzene rings is 1. The molecular formula is C15H22N2O2S. The van der Waals surface area contributed by atoms with Gasteiger partial charge in [-0.25, -0.2) is 0 Å². The number of carbonyl (C=O) groups is 1. The molecule has 4 nitrogen and oxygen atoms in total. The molecule has 1 aromatic rings. The van der Waals surface area contributed by atoms with E-state index in [1.807, 2.05) is 24.3 Å². The van der Waals surface area contributed by atoms with Crippen LogP contribution in [0.5, 0.6) is 0 Å². The van der Waals surface area contributed by atoms with Crippen LogP contribution in [-0.2, 0) is 4.79 Å². The van der Waals surface area contributed by atoms with Crippen molar-refractivity contribution < 1.29 is 9.90 Å². The lowest BCUT2D eigenvalue weighted by atomic mass is 10.2. The predicted octanol–water partition coefficient (Wildman–Crippen LogP) is 3.97. The fourth-order valence-electron chi connectivity index (χ4n) is 2.37. The summed E-state index contributed by atoms with van der Waals surface area (Å²) in [5, 5.41) is 15.8. The molecule has 0 aliphatic carbocycles. The zero-order chi connectivity index (χ0) is 14.4. The number of anilines is 2. The number of aliphatic carboxylic acids is 1. The first-order valence-electron chi connectivity index (χ1n) is 7.16. The van der Waals surface area contributed by atoms with Gasteiger partial charge >= 0.3 is 5.97 Å². The van der Waals surface area contributed by atoms with E-state index >= 15 is 0 Å². The van der Waals surface area contributed by atoms with E-state index in [-0.39, 0.29) is 6.42 Å². The molecule has 0 aromatic heterocycles. The Bertz CT molecular complexity index is 440. The summed E-state index contributed by atoms with van der Waals surface area (Å²) in [6, 6.07) is 7.86. The predicted molar refractivity (Wildman–Crippen MR) is 85.3 cm³/mol. The molecule has 110 valence electrons. The van der Waals surface area contributed by atoms with E-state index in [0.29, 0.717) is 0 Å². The van der Waals surface area contributed by atoms with Crippen LogP contribution in [0, 0.1) is 0 Å². The van der Waals surface area contributed by atoms with Crippen LogP contribution >= 0.6 is 11.8 Å². The Morgan fingerprint density at radius 1 is 1.20 bits per heavy atom. The number of rotatable bonds is 8. The Balaban J connectivity index is 1.96. The van der Waals surface area contributed by atoms with Gasteiger partial charge in [-0.2, -0.15) is 0 Å².